The molecular formula is C16H18N2O3. The van der Waals surface area contributed by atoms with Crippen molar-refractivity contribution in [2.24, 2.45) is 0 Å². The van der Waals surface area contributed by atoms with Crippen molar-refractivity contribution in [2.45, 2.75) is 19.3 Å². The normalized spacial score (nSPS) is 18.1. The van der Waals surface area contributed by atoms with Gasteiger partial charge in [-0.05, 0) is 36.5 Å². The first-order valence-corrected chi connectivity index (χ1v) is 7.25. The van der Waals surface area contributed by atoms with Gasteiger partial charge in [-0.1, -0.05) is 12.1 Å². The van der Waals surface area contributed by atoms with Gasteiger partial charge < -0.3 is 9.80 Å². The third-order valence-corrected chi connectivity index (χ3v) is 4.28. The Hall–Kier alpha value is -2.17. The van der Waals surface area contributed by atoms with Crippen LogP contribution >= 0.6 is 0 Å². The Morgan fingerprint density at radius 3 is 2.67 bits per heavy atom. The lowest BCUT2D eigenvalue weighted by Crippen LogP contribution is -2.53. The van der Waals surface area contributed by atoms with E-state index in [9.17, 15) is 14.4 Å². The molecule has 1 aromatic rings. The Morgan fingerprint density at radius 2 is 1.86 bits per heavy atom. The van der Waals surface area contributed by atoms with Crippen molar-refractivity contribution in [3.8, 4) is 0 Å². The lowest BCUT2D eigenvalue weighted by molar-refractivity contribution is -0.154. The molecule has 2 amide bonds. The van der Waals surface area contributed by atoms with Crippen LogP contribution in [0.15, 0.2) is 18.2 Å². The highest BCUT2D eigenvalue weighted by molar-refractivity contribution is 6.35. The second kappa shape index (κ2) is 5.31. The minimum Gasteiger partial charge on any atom is -0.336 e. The molecule has 110 valence electrons. The van der Waals surface area contributed by atoms with E-state index in [1.165, 1.54) is 20.9 Å². The zero-order chi connectivity index (χ0) is 15.0. The Labute approximate surface area is 123 Å². The minimum atomic E-state index is -0.585. The maximum absolute atomic E-state index is 12.3. The minimum absolute atomic E-state index is 0.0167. The van der Waals surface area contributed by atoms with Gasteiger partial charge in [0.1, 0.15) is 0 Å². The van der Waals surface area contributed by atoms with Gasteiger partial charge in [-0.2, -0.15) is 0 Å². The van der Waals surface area contributed by atoms with Crippen molar-refractivity contribution in [3.05, 3.63) is 34.9 Å². The summed E-state index contributed by atoms with van der Waals surface area (Å²) in [5, 5.41) is 0. The fourth-order valence-electron chi connectivity index (χ4n) is 2.93. The molecule has 0 atom stereocenters. The zero-order valence-electron chi connectivity index (χ0n) is 12.1. The monoisotopic (exact) mass is 286 g/mol. The average Bonchev–Trinajstić information content (AvgIpc) is 2.95. The van der Waals surface area contributed by atoms with Crippen molar-refractivity contribution in [1.82, 2.24) is 9.80 Å². The fourth-order valence-corrected chi connectivity index (χ4v) is 2.93. The topological polar surface area (TPSA) is 57.7 Å². The number of aryl methyl sites for hydroxylation is 2. The molecule has 0 aromatic heterocycles. The number of benzene rings is 1. The van der Waals surface area contributed by atoms with E-state index < -0.39 is 11.8 Å². The highest BCUT2D eigenvalue weighted by Crippen LogP contribution is 2.23. The van der Waals surface area contributed by atoms with Crippen LogP contribution < -0.4 is 0 Å². The molecule has 1 saturated heterocycles. The Bertz CT molecular complexity index is 624. The molecule has 0 spiro atoms. The number of Topliss-reactive ketones (excluding diaryl/α,β-unsaturated/α-hetero) is 1. The molecular weight excluding hydrogens is 268 g/mol. The predicted molar refractivity (Wildman–Crippen MR) is 77.0 cm³/mol. The third-order valence-electron chi connectivity index (χ3n) is 4.28. The van der Waals surface area contributed by atoms with Gasteiger partial charge in [-0.25, -0.2) is 0 Å². The third kappa shape index (κ3) is 2.55. The van der Waals surface area contributed by atoms with E-state index >= 15 is 0 Å². The Kier molecular flexibility index (Phi) is 3.49. The van der Waals surface area contributed by atoms with E-state index in [0.29, 0.717) is 18.7 Å². The van der Waals surface area contributed by atoms with Gasteiger partial charge in [0.25, 0.3) is 0 Å². The van der Waals surface area contributed by atoms with Crippen LogP contribution in [0.2, 0.25) is 0 Å². The number of piperazine rings is 1. The summed E-state index contributed by atoms with van der Waals surface area (Å²) in [7, 11) is 1.60. The van der Waals surface area contributed by atoms with E-state index in [0.717, 1.165) is 19.3 Å². The van der Waals surface area contributed by atoms with Gasteiger partial charge in [-0.15, -0.1) is 0 Å². The molecule has 1 aromatic carbocycles. The fraction of sp³-hybridized carbons (Fsp3) is 0.438. The van der Waals surface area contributed by atoms with Crippen molar-refractivity contribution < 1.29 is 14.4 Å². The first-order valence-electron chi connectivity index (χ1n) is 7.25. The second-order valence-corrected chi connectivity index (χ2v) is 5.71. The van der Waals surface area contributed by atoms with Gasteiger partial charge in [0.15, 0.2) is 5.78 Å². The number of hydrogen-bond acceptors (Lipinski definition) is 3. The molecule has 0 radical (unpaired) electrons. The molecule has 5 heteroatoms. The van der Waals surface area contributed by atoms with Crippen molar-refractivity contribution >= 4 is 17.6 Å². The van der Waals surface area contributed by atoms with Crippen molar-refractivity contribution in [1.29, 1.82) is 0 Å². The number of fused-ring (bicyclic) bond motifs is 1. The summed E-state index contributed by atoms with van der Waals surface area (Å²) in [6.07, 6.45) is 3.23. The molecule has 3 rings (SSSR count). The van der Waals surface area contributed by atoms with Crippen LogP contribution in [0.3, 0.4) is 0 Å². The van der Waals surface area contributed by atoms with Crippen LogP contribution in [-0.2, 0) is 22.4 Å². The molecule has 21 heavy (non-hydrogen) atoms. The van der Waals surface area contributed by atoms with Crippen LogP contribution in [-0.4, -0.2) is 54.1 Å². The number of likely N-dealkylation sites (N-methyl/N-ethyl adjacent to an activating group) is 1. The van der Waals surface area contributed by atoms with Gasteiger partial charge >= 0.3 is 11.8 Å². The molecule has 1 fully saturated rings. The van der Waals surface area contributed by atoms with E-state index in [1.54, 1.807) is 7.05 Å². The number of nitrogens with zero attached hydrogens (tertiary/aromatic N) is 2. The van der Waals surface area contributed by atoms with Gasteiger partial charge in [0.2, 0.25) is 0 Å². The first kappa shape index (κ1) is 13.8. The van der Waals surface area contributed by atoms with E-state index in [-0.39, 0.29) is 12.3 Å². The maximum atomic E-state index is 12.3. The second-order valence-electron chi connectivity index (χ2n) is 5.71. The molecule has 0 N–H and O–H groups in total. The Balaban J connectivity index is 1.72. The number of carbonyl (C=O) groups excluding carboxylic acids is 3. The standard InChI is InChI=1S/C16H18N2O3/c1-17-7-8-18(16(21)15(17)20)10-14(19)13-6-5-11-3-2-4-12(11)9-13/h5-6,9H,2-4,7-8,10H2,1H3. The smallest absolute Gasteiger partial charge is 0.312 e. The lowest BCUT2D eigenvalue weighted by atomic mass is 10.0. The van der Waals surface area contributed by atoms with Crippen molar-refractivity contribution in [2.75, 3.05) is 26.7 Å². The molecule has 5 nitrogen and oxygen atoms in total. The van der Waals surface area contributed by atoms with E-state index in [2.05, 4.69) is 0 Å². The van der Waals surface area contributed by atoms with Crippen LogP contribution in [0.5, 0.6) is 0 Å². The molecule has 1 heterocycles. The largest absolute Gasteiger partial charge is 0.336 e. The maximum Gasteiger partial charge on any atom is 0.312 e. The van der Waals surface area contributed by atoms with Gasteiger partial charge in [-0.3, -0.25) is 14.4 Å². The molecule has 2 aliphatic rings. The Morgan fingerprint density at radius 1 is 1.10 bits per heavy atom. The van der Waals surface area contributed by atoms with Crippen LogP contribution in [0.1, 0.15) is 27.9 Å². The van der Waals surface area contributed by atoms with E-state index in [1.807, 2.05) is 18.2 Å². The van der Waals surface area contributed by atoms with E-state index in [4.69, 9.17) is 0 Å². The average molecular weight is 286 g/mol. The highest BCUT2D eigenvalue weighted by Gasteiger charge is 2.31. The summed E-state index contributed by atoms with van der Waals surface area (Å²) >= 11 is 0. The number of amides is 2. The quantitative estimate of drug-likeness (QED) is 0.606. The summed E-state index contributed by atoms with van der Waals surface area (Å²) in [6.45, 7) is 0.872. The van der Waals surface area contributed by atoms with Crippen LogP contribution in [0, 0.1) is 0 Å². The number of rotatable bonds is 3. The van der Waals surface area contributed by atoms with Crippen molar-refractivity contribution in [3.63, 3.8) is 0 Å². The summed E-state index contributed by atoms with van der Waals surface area (Å²) in [5.41, 5.74) is 3.19. The summed E-state index contributed by atoms with van der Waals surface area (Å²) in [6, 6.07) is 5.77. The first-order chi connectivity index (χ1) is 10.1. The molecule has 0 saturated carbocycles. The number of ketones is 1. The zero-order valence-corrected chi connectivity index (χ0v) is 12.1. The van der Waals surface area contributed by atoms with Gasteiger partial charge in [0, 0.05) is 25.7 Å². The van der Waals surface area contributed by atoms with Crippen LogP contribution in [0.4, 0.5) is 0 Å². The lowest BCUT2D eigenvalue weighted by Gasteiger charge is -2.30. The molecule has 0 bridgehead atoms. The SMILES string of the molecule is CN1CCN(CC(=O)c2ccc3c(c2)CCC3)C(=O)C1=O. The van der Waals surface area contributed by atoms with Gasteiger partial charge in [0.05, 0.1) is 6.54 Å². The summed E-state index contributed by atoms with van der Waals surface area (Å²) in [4.78, 5) is 38.6. The highest BCUT2D eigenvalue weighted by atomic mass is 16.2. The molecule has 0 unspecified atom stereocenters. The summed E-state index contributed by atoms with van der Waals surface area (Å²) < 4.78 is 0. The number of carbonyl (C=O) groups is 3. The van der Waals surface area contributed by atoms with Crippen LogP contribution in [0.25, 0.3) is 0 Å². The predicted octanol–water partition coefficient (Wildman–Crippen LogP) is 0.659. The number of hydrogen-bond donors (Lipinski definition) is 0. The molecule has 1 aliphatic heterocycles. The molecule has 1 aliphatic carbocycles. The summed E-state index contributed by atoms with van der Waals surface area (Å²) in [5.74, 6) is -1.23.